The van der Waals surface area contributed by atoms with Crippen LogP contribution in [0.15, 0.2) is 22.8 Å². The number of nitrogens with zero attached hydrogens (tertiary/aromatic N) is 2. The summed E-state index contributed by atoms with van der Waals surface area (Å²) in [5.41, 5.74) is -3.89. The van der Waals surface area contributed by atoms with Gasteiger partial charge in [0.15, 0.2) is 5.13 Å². The van der Waals surface area contributed by atoms with Crippen LogP contribution in [-0.4, -0.2) is 22.6 Å². The number of anilines is 1. The fourth-order valence-electron chi connectivity index (χ4n) is 1.80. The number of rotatable bonds is 2. The number of allylic oxidation sites excluding steroid dienone is 1. The Morgan fingerprint density at radius 2 is 2.26 bits per heavy atom. The smallest absolute Gasteiger partial charge is 0.336 e. The van der Waals surface area contributed by atoms with Gasteiger partial charge in [0.2, 0.25) is 0 Å². The zero-order valence-corrected chi connectivity index (χ0v) is 10.3. The highest BCUT2D eigenvalue weighted by Gasteiger charge is 2.67. The van der Waals surface area contributed by atoms with Crippen LogP contribution in [0, 0.1) is 11.3 Å². The molecule has 1 atom stereocenters. The summed E-state index contributed by atoms with van der Waals surface area (Å²) < 4.78 is 40.0. The summed E-state index contributed by atoms with van der Waals surface area (Å²) in [4.78, 5) is 15.4. The van der Waals surface area contributed by atoms with Crippen molar-refractivity contribution < 1.29 is 18.0 Å². The van der Waals surface area contributed by atoms with Crippen molar-refractivity contribution in [3.05, 3.63) is 22.8 Å². The molecule has 1 aliphatic heterocycles. The van der Waals surface area contributed by atoms with E-state index >= 15 is 0 Å². The number of carbonyl (C=O) groups excluding carboxylic acids is 1. The minimum absolute atomic E-state index is 0.0880. The molecule has 0 aromatic carbocycles. The van der Waals surface area contributed by atoms with E-state index in [-0.39, 0.29) is 10.8 Å². The molecule has 1 aromatic rings. The van der Waals surface area contributed by atoms with Crippen molar-refractivity contribution in [2.75, 3.05) is 5.32 Å². The zero-order chi connectivity index (χ0) is 14.3. The molecule has 100 valence electrons. The number of amides is 1. The maximum atomic E-state index is 13.3. The van der Waals surface area contributed by atoms with Gasteiger partial charge in [0.1, 0.15) is 0 Å². The van der Waals surface area contributed by atoms with Gasteiger partial charge in [-0.25, -0.2) is 4.98 Å². The van der Waals surface area contributed by atoms with Gasteiger partial charge in [-0.15, -0.1) is 11.3 Å². The quantitative estimate of drug-likeness (QED) is 0.869. The second-order valence-electron chi connectivity index (χ2n) is 3.78. The minimum atomic E-state index is -4.97. The molecule has 2 rings (SSSR count). The predicted octanol–water partition coefficient (Wildman–Crippen LogP) is 1.78. The summed E-state index contributed by atoms with van der Waals surface area (Å²) in [7, 11) is 0. The summed E-state index contributed by atoms with van der Waals surface area (Å²) in [6.45, 7) is 1.24. The Morgan fingerprint density at radius 1 is 1.58 bits per heavy atom. The van der Waals surface area contributed by atoms with Gasteiger partial charge in [-0.2, -0.15) is 18.4 Å². The first-order valence-corrected chi connectivity index (χ1v) is 5.88. The van der Waals surface area contributed by atoms with Gasteiger partial charge in [-0.1, -0.05) is 0 Å². The monoisotopic (exact) mass is 288 g/mol. The first kappa shape index (κ1) is 13.4. The molecule has 2 heterocycles. The van der Waals surface area contributed by atoms with Crippen molar-refractivity contribution in [2.45, 2.75) is 18.6 Å². The van der Waals surface area contributed by atoms with Crippen molar-refractivity contribution in [2.24, 2.45) is 0 Å². The van der Waals surface area contributed by atoms with Crippen molar-refractivity contribution in [1.82, 2.24) is 10.3 Å². The summed E-state index contributed by atoms with van der Waals surface area (Å²) in [6, 6.07) is 1.44. The highest BCUT2D eigenvalue weighted by molar-refractivity contribution is 7.13. The molecule has 19 heavy (non-hydrogen) atoms. The lowest BCUT2D eigenvalue weighted by Crippen LogP contribution is -2.59. The van der Waals surface area contributed by atoms with Crippen molar-refractivity contribution >= 4 is 22.4 Å². The Kier molecular flexibility index (Phi) is 2.98. The van der Waals surface area contributed by atoms with Crippen LogP contribution in [0.4, 0.5) is 18.3 Å². The first-order chi connectivity index (χ1) is 8.83. The number of nitriles is 1. The zero-order valence-electron chi connectivity index (χ0n) is 9.50. The van der Waals surface area contributed by atoms with E-state index in [0.717, 1.165) is 11.3 Å². The lowest BCUT2D eigenvalue weighted by atomic mass is 9.90. The van der Waals surface area contributed by atoms with Gasteiger partial charge in [0, 0.05) is 17.3 Å². The van der Waals surface area contributed by atoms with Gasteiger partial charge in [-0.3, -0.25) is 4.79 Å². The highest BCUT2D eigenvalue weighted by atomic mass is 32.1. The average molecular weight is 288 g/mol. The van der Waals surface area contributed by atoms with Crippen molar-refractivity contribution in [1.29, 1.82) is 5.26 Å². The summed E-state index contributed by atoms with van der Waals surface area (Å²) >= 11 is 0.906. The van der Waals surface area contributed by atoms with E-state index in [4.69, 9.17) is 5.26 Å². The Balaban J connectivity index is 2.59. The molecular weight excluding hydrogens is 281 g/mol. The number of hydrogen-bond acceptors (Lipinski definition) is 5. The Bertz CT molecular complexity index is 587. The molecule has 5 nitrogen and oxygen atoms in total. The molecule has 1 aromatic heterocycles. The lowest BCUT2D eigenvalue weighted by molar-refractivity contribution is -0.174. The van der Waals surface area contributed by atoms with Crippen LogP contribution in [-0.2, 0) is 4.79 Å². The summed E-state index contributed by atoms with van der Waals surface area (Å²) in [5, 5.41) is 14.4. The van der Waals surface area contributed by atoms with Crippen LogP contribution in [0.2, 0.25) is 0 Å². The molecule has 2 N–H and O–H groups in total. The molecule has 0 bridgehead atoms. The van der Waals surface area contributed by atoms with Crippen molar-refractivity contribution in [3.63, 3.8) is 0 Å². The molecule has 1 aliphatic rings. The number of aromatic nitrogens is 1. The number of nitrogens with one attached hydrogen (secondary N) is 2. The summed E-state index contributed by atoms with van der Waals surface area (Å²) in [5.74, 6) is -1.33. The van der Waals surface area contributed by atoms with E-state index < -0.39 is 23.2 Å². The van der Waals surface area contributed by atoms with Crippen LogP contribution < -0.4 is 10.6 Å². The minimum Gasteiger partial charge on any atom is -0.336 e. The standard InChI is InChI=1S/C10H7F3N4OS/c1-5-6(4-14)9(7(18)16-5,10(11,12)13)17-8-15-2-3-19-8/h2-3H,1H3,(H,15,17)(H,16,18)/t9-/m0/s1. The molecule has 0 aliphatic carbocycles. The fourth-order valence-corrected chi connectivity index (χ4v) is 2.38. The maximum Gasteiger partial charge on any atom is 0.425 e. The van der Waals surface area contributed by atoms with Gasteiger partial charge in [0.05, 0.1) is 11.6 Å². The van der Waals surface area contributed by atoms with Crippen LogP contribution in [0.1, 0.15) is 6.92 Å². The molecular formula is C10H7F3N4OS. The van der Waals surface area contributed by atoms with Crippen LogP contribution in [0.5, 0.6) is 0 Å². The van der Waals surface area contributed by atoms with Crippen LogP contribution >= 0.6 is 11.3 Å². The van der Waals surface area contributed by atoms with Gasteiger partial charge in [-0.05, 0) is 6.92 Å². The Morgan fingerprint density at radius 3 is 2.74 bits per heavy atom. The lowest BCUT2D eigenvalue weighted by Gasteiger charge is -2.30. The molecule has 0 spiro atoms. The Hall–Kier alpha value is -2.08. The van der Waals surface area contributed by atoms with Crippen LogP contribution in [0.3, 0.4) is 0 Å². The third-order valence-electron chi connectivity index (χ3n) is 2.66. The highest BCUT2D eigenvalue weighted by Crippen LogP contribution is 2.43. The second-order valence-corrected chi connectivity index (χ2v) is 4.67. The van der Waals surface area contributed by atoms with E-state index in [9.17, 15) is 18.0 Å². The summed E-state index contributed by atoms with van der Waals surface area (Å²) in [6.07, 6.45) is -3.67. The van der Waals surface area contributed by atoms with Crippen LogP contribution in [0.25, 0.3) is 0 Å². The largest absolute Gasteiger partial charge is 0.425 e. The number of thiazole rings is 1. The molecule has 9 heteroatoms. The molecule has 0 unspecified atom stereocenters. The average Bonchev–Trinajstić information content (AvgIpc) is 2.86. The maximum absolute atomic E-state index is 13.3. The third-order valence-corrected chi connectivity index (χ3v) is 3.34. The molecule has 0 saturated carbocycles. The fraction of sp³-hybridized carbons (Fsp3) is 0.300. The van der Waals surface area contributed by atoms with Crippen molar-refractivity contribution in [3.8, 4) is 6.07 Å². The second kappa shape index (κ2) is 4.24. The van der Waals surface area contributed by atoms with E-state index in [1.54, 1.807) is 0 Å². The third kappa shape index (κ3) is 1.84. The SMILES string of the molecule is CC1=C(C#N)[C@@](Nc2nccs2)(C(F)(F)F)C(=O)N1. The first-order valence-electron chi connectivity index (χ1n) is 5.00. The normalized spacial score (nSPS) is 23.2. The topological polar surface area (TPSA) is 77.8 Å². The number of hydrogen-bond donors (Lipinski definition) is 2. The van der Waals surface area contributed by atoms with E-state index in [1.165, 1.54) is 24.6 Å². The number of alkyl halides is 3. The van der Waals surface area contributed by atoms with Gasteiger partial charge >= 0.3 is 6.18 Å². The van der Waals surface area contributed by atoms with E-state index in [2.05, 4.69) is 4.98 Å². The molecule has 1 amide bonds. The molecule has 0 fully saturated rings. The molecule has 0 radical (unpaired) electrons. The number of carbonyl (C=O) groups is 1. The predicted molar refractivity (Wildman–Crippen MR) is 61.0 cm³/mol. The number of halogens is 3. The molecule has 0 saturated heterocycles. The van der Waals surface area contributed by atoms with E-state index in [1.807, 2.05) is 10.6 Å². The van der Waals surface area contributed by atoms with Gasteiger partial charge < -0.3 is 10.6 Å². The Labute approximate surface area is 109 Å². The van der Waals surface area contributed by atoms with E-state index in [0.29, 0.717) is 0 Å². The van der Waals surface area contributed by atoms with Gasteiger partial charge in [0.25, 0.3) is 11.4 Å².